The molecule has 0 unspecified atom stereocenters. The fourth-order valence-electron chi connectivity index (χ4n) is 2.12. The highest BCUT2D eigenvalue weighted by molar-refractivity contribution is 7.89. The molecule has 0 bridgehead atoms. The highest BCUT2D eigenvalue weighted by Gasteiger charge is 2.19. The van der Waals surface area contributed by atoms with Crippen LogP contribution in [0, 0.1) is 6.92 Å². The summed E-state index contributed by atoms with van der Waals surface area (Å²) in [4.78, 5) is 0.144. The Hall–Kier alpha value is -2.06. The zero-order chi connectivity index (χ0) is 15.6. The van der Waals surface area contributed by atoms with Crippen molar-refractivity contribution in [2.24, 2.45) is 0 Å². The molecule has 0 radical (unpaired) electrons. The molecule has 0 saturated heterocycles. The number of aromatic nitrogens is 1. The number of hydrogen-bond donors (Lipinski definition) is 1. The van der Waals surface area contributed by atoms with Crippen LogP contribution in [0.25, 0.3) is 0 Å². The van der Waals surface area contributed by atoms with Crippen molar-refractivity contribution in [2.45, 2.75) is 18.2 Å². The highest BCUT2D eigenvalue weighted by atomic mass is 32.2. The molecule has 1 aromatic carbocycles. The number of rotatable bonds is 5. The lowest BCUT2D eigenvalue weighted by molar-refractivity contribution is 0.171. The van der Waals surface area contributed by atoms with E-state index < -0.39 is 10.0 Å². The number of sulfonamides is 1. The second-order valence-electron chi connectivity index (χ2n) is 4.89. The SMILES string of the molecule is Cc1cc(CCNS(=O)(=O)c2ccc3c(c2)OCCO3)on1. The summed E-state index contributed by atoms with van der Waals surface area (Å²) < 4.78 is 42.9. The predicted octanol–water partition coefficient (Wildman–Crippen LogP) is 1.28. The Morgan fingerprint density at radius 2 is 1.95 bits per heavy atom. The molecule has 0 amide bonds. The minimum absolute atomic E-state index is 0.144. The molecule has 2 heterocycles. The van der Waals surface area contributed by atoms with E-state index in [1.165, 1.54) is 12.1 Å². The number of nitrogens with one attached hydrogen (secondary N) is 1. The molecule has 0 spiro atoms. The van der Waals surface area contributed by atoms with Gasteiger partial charge in [0.25, 0.3) is 0 Å². The van der Waals surface area contributed by atoms with Gasteiger partial charge in [0, 0.05) is 25.1 Å². The monoisotopic (exact) mass is 324 g/mol. The van der Waals surface area contributed by atoms with Gasteiger partial charge in [-0.05, 0) is 19.1 Å². The third kappa shape index (κ3) is 3.23. The quantitative estimate of drug-likeness (QED) is 0.891. The average Bonchev–Trinajstić information content (AvgIpc) is 2.92. The smallest absolute Gasteiger partial charge is 0.240 e. The first-order valence-corrected chi connectivity index (χ1v) is 8.34. The number of benzene rings is 1. The molecule has 7 nitrogen and oxygen atoms in total. The van der Waals surface area contributed by atoms with Crippen LogP contribution in [-0.4, -0.2) is 33.3 Å². The lowest BCUT2D eigenvalue weighted by Crippen LogP contribution is -2.26. The standard InChI is InChI=1S/C14H16N2O5S/c1-10-8-11(21-16-10)4-5-15-22(17,18)12-2-3-13-14(9-12)20-7-6-19-13/h2-3,8-9,15H,4-7H2,1H3. The molecular formula is C14H16N2O5S. The molecule has 0 atom stereocenters. The van der Waals surface area contributed by atoms with Gasteiger partial charge < -0.3 is 14.0 Å². The van der Waals surface area contributed by atoms with E-state index in [0.29, 0.717) is 36.9 Å². The summed E-state index contributed by atoms with van der Waals surface area (Å²) >= 11 is 0. The maximum absolute atomic E-state index is 12.3. The first-order chi connectivity index (χ1) is 10.5. The summed E-state index contributed by atoms with van der Waals surface area (Å²) in [6.45, 7) is 2.92. The second-order valence-corrected chi connectivity index (χ2v) is 6.65. The largest absolute Gasteiger partial charge is 0.486 e. The van der Waals surface area contributed by atoms with Crippen molar-refractivity contribution in [3.63, 3.8) is 0 Å². The van der Waals surface area contributed by atoms with E-state index in [9.17, 15) is 8.42 Å². The number of aryl methyl sites for hydroxylation is 1. The zero-order valence-electron chi connectivity index (χ0n) is 12.0. The van der Waals surface area contributed by atoms with Gasteiger partial charge in [-0.15, -0.1) is 0 Å². The summed E-state index contributed by atoms with van der Waals surface area (Å²) in [7, 11) is -3.60. The number of nitrogens with zero attached hydrogens (tertiary/aromatic N) is 1. The van der Waals surface area contributed by atoms with Crippen molar-refractivity contribution >= 4 is 10.0 Å². The van der Waals surface area contributed by atoms with Gasteiger partial charge in [0.1, 0.15) is 19.0 Å². The molecule has 2 aromatic rings. The van der Waals surface area contributed by atoms with Crippen molar-refractivity contribution in [3.05, 3.63) is 35.7 Å². The van der Waals surface area contributed by atoms with Gasteiger partial charge in [0.15, 0.2) is 11.5 Å². The van der Waals surface area contributed by atoms with Gasteiger partial charge >= 0.3 is 0 Å². The predicted molar refractivity (Wildman–Crippen MR) is 77.6 cm³/mol. The third-order valence-corrected chi connectivity index (χ3v) is 4.62. The van der Waals surface area contributed by atoms with Crippen LogP contribution in [0.2, 0.25) is 0 Å². The number of fused-ring (bicyclic) bond motifs is 1. The molecule has 118 valence electrons. The Morgan fingerprint density at radius 1 is 1.18 bits per heavy atom. The Balaban J connectivity index is 1.67. The molecule has 3 rings (SSSR count). The van der Waals surface area contributed by atoms with E-state index in [1.54, 1.807) is 12.1 Å². The minimum Gasteiger partial charge on any atom is -0.486 e. The third-order valence-electron chi connectivity index (χ3n) is 3.16. The van der Waals surface area contributed by atoms with Gasteiger partial charge in [-0.25, -0.2) is 13.1 Å². The van der Waals surface area contributed by atoms with E-state index in [2.05, 4.69) is 9.88 Å². The summed E-state index contributed by atoms with van der Waals surface area (Å²) in [5, 5.41) is 3.76. The summed E-state index contributed by atoms with van der Waals surface area (Å²) in [5.41, 5.74) is 0.768. The molecular weight excluding hydrogens is 308 g/mol. The summed E-state index contributed by atoms with van der Waals surface area (Å²) in [6, 6.07) is 6.34. The maximum Gasteiger partial charge on any atom is 0.240 e. The van der Waals surface area contributed by atoms with Crippen LogP contribution in [0.5, 0.6) is 11.5 Å². The van der Waals surface area contributed by atoms with Crippen molar-refractivity contribution in [1.82, 2.24) is 9.88 Å². The van der Waals surface area contributed by atoms with Gasteiger partial charge in [-0.3, -0.25) is 0 Å². The highest BCUT2D eigenvalue weighted by Crippen LogP contribution is 2.32. The molecule has 1 N–H and O–H groups in total. The lowest BCUT2D eigenvalue weighted by Gasteiger charge is -2.18. The van der Waals surface area contributed by atoms with Crippen molar-refractivity contribution < 1.29 is 22.4 Å². The summed E-state index contributed by atoms with van der Waals surface area (Å²) in [5.74, 6) is 1.64. The lowest BCUT2D eigenvalue weighted by atomic mass is 10.3. The van der Waals surface area contributed by atoms with Crippen LogP contribution in [0.4, 0.5) is 0 Å². The van der Waals surface area contributed by atoms with Crippen LogP contribution >= 0.6 is 0 Å². The van der Waals surface area contributed by atoms with Crippen LogP contribution in [-0.2, 0) is 16.4 Å². The van der Waals surface area contributed by atoms with Gasteiger partial charge in [-0.2, -0.15) is 0 Å². The van der Waals surface area contributed by atoms with Crippen LogP contribution < -0.4 is 14.2 Å². The zero-order valence-corrected chi connectivity index (χ0v) is 12.9. The van der Waals surface area contributed by atoms with Crippen LogP contribution in [0.15, 0.2) is 33.7 Å². The minimum atomic E-state index is -3.60. The van der Waals surface area contributed by atoms with E-state index >= 15 is 0 Å². The van der Waals surface area contributed by atoms with E-state index in [1.807, 2.05) is 6.92 Å². The van der Waals surface area contributed by atoms with Crippen LogP contribution in [0.3, 0.4) is 0 Å². The van der Waals surface area contributed by atoms with Crippen LogP contribution in [0.1, 0.15) is 11.5 Å². The van der Waals surface area contributed by atoms with Gasteiger partial charge in [-0.1, -0.05) is 5.16 Å². The number of ether oxygens (including phenoxy) is 2. The Bertz CT molecular complexity index is 769. The van der Waals surface area contributed by atoms with E-state index in [0.717, 1.165) is 5.69 Å². The first kappa shape index (κ1) is 14.9. The Morgan fingerprint density at radius 3 is 2.68 bits per heavy atom. The van der Waals surface area contributed by atoms with E-state index in [4.69, 9.17) is 14.0 Å². The molecule has 22 heavy (non-hydrogen) atoms. The number of hydrogen-bond acceptors (Lipinski definition) is 6. The van der Waals surface area contributed by atoms with Gasteiger partial charge in [0.05, 0.1) is 10.6 Å². The first-order valence-electron chi connectivity index (χ1n) is 6.86. The van der Waals surface area contributed by atoms with Gasteiger partial charge in [0.2, 0.25) is 10.0 Å². The Labute approximate surface area is 128 Å². The fraction of sp³-hybridized carbons (Fsp3) is 0.357. The molecule has 0 fully saturated rings. The molecule has 1 aliphatic heterocycles. The Kier molecular flexibility index (Phi) is 4.04. The molecule has 8 heteroatoms. The average molecular weight is 324 g/mol. The normalized spacial score (nSPS) is 14.0. The fourth-order valence-corrected chi connectivity index (χ4v) is 3.16. The van der Waals surface area contributed by atoms with E-state index in [-0.39, 0.29) is 11.4 Å². The molecule has 0 aliphatic carbocycles. The van der Waals surface area contributed by atoms with Crippen molar-refractivity contribution in [3.8, 4) is 11.5 Å². The summed E-state index contributed by atoms with van der Waals surface area (Å²) in [6.07, 6.45) is 0.435. The molecule has 1 aromatic heterocycles. The maximum atomic E-state index is 12.3. The second kappa shape index (κ2) is 5.98. The van der Waals surface area contributed by atoms with Crippen molar-refractivity contribution in [1.29, 1.82) is 0 Å². The molecule has 1 aliphatic rings. The molecule has 0 saturated carbocycles. The van der Waals surface area contributed by atoms with Crippen molar-refractivity contribution in [2.75, 3.05) is 19.8 Å². The topological polar surface area (TPSA) is 90.7 Å².